The summed E-state index contributed by atoms with van der Waals surface area (Å²) in [6.07, 6.45) is -0.0415. The van der Waals surface area contributed by atoms with Crippen molar-refractivity contribution in [2.24, 2.45) is 0 Å². The van der Waals surface area contributed by atoms with Gasteiger partial charge in [0.1, 0.15) is 11.8 Å². The number of nitrogens with zero attached hydrogens (tertiary/aromatic N) is 1. The summed E-state index contributed by atoms with van der Waals surface area (Å²) >= 11 is 0. The molecule has 110 valence electrons. The van der Waals surface area contributed by atoms with Crippen LogP contribution in [0.2, 0.25) is 0 Å². The number of carbonyl (C=O) groups is 2. The van der Waals surface area contributed by atoms with Gasteiger partial charge in [-0.2, -0.15) is 0 Å². The molecule has 0 aliphatic rings. The van der Waals surface area contributed by atoms with Crippen molar-refractivity contribution >= 4 is 11.9 Å². The standard InChI is InChI=1S/C14H19NO5/c1-15(9-8-12(16)17)13(14(18)20-3)10-4-6-11(19-2)7-5-10/h4-7,13H,8-9H2,1-3H3,(H,16,17). The van der Waals surface area contributed by atoms with Gasteiger partial charge in [0.2, 0.25) is 0 Å². The maximum atomic E-state index is 11.9. The molecule has 0 saturated carbocycles. The van der Waals surface area contributed by atoms with Crippen LogP contribution in [0.4, 0.5) is 0 Å². The summed E-state index contributed by atoms with van der Waals surface area (Å²) in [5.74, 6) is -0.649. The van der Waals surface area contributed by atoms with Gasteiger partial charge < -0.3 is 14.6 Å². The van der Waals surface area contributed by atoms with Crippen LogP contribution in [-0.2, 0) is 14.3 Å². The molecule has 0 spiro atoms. The molecule has 6 heteroatoms. The van der Waals surface area contributed by atoms with Gasteiger partial charge in [0.25, 0.3) is 0 Å². The lowest BCUT2D eigenvalue weighted by Crippen LogP contribution is -2.33. The van der Waals surface area contributed by atoms with E-state index in [2.05, 4.69) is 0 Å². The van der Waals surface area contributed by atoms with E-state index in [-0.39, 0.29) is 13.0 Å². The molecule has 1 rings (SSSR count). The second kappa shape index (κ2) is 7.49. The number of carbonyl (C=O) groups excluding carboxylic acids is 1. The molecule has 1 atom stereocenters. The maximum absolute atomic E-state index is 11.9. The monoisotopic (exact) mass is 281 g/mol. The van der Waals surface area contributed by atoms with Gasteiger partial charge in [-0.05, 0) is 24.7 Å². The fraction of sp³-hybridized carbons (Fsp3) is 0.429. The molecule has 0 saturated heterocycles. The van der Waals surface area contributed by atoms with E-state index >= 15 is 0 Å². The number of benzene rings is 1. The lowest BCUT2D eigenvalue weighted by Gasteiger charge is -2.25. The third kappa shape index (κ3) is 4.24. The summed E-state index contributed by atoms with van der Waals surface area (Å²) < 4.78 is 9.86. The molecule has 1 aromatic rings. The maximum Gasteiger partial charge on any atom is 0.327 e. The van der Waals surface area contributed by atoms with Gasteiger partial charge >= 0.3 is 11.9 Å². The molecule has 1 N–H and O–H groups in total. The second-order valence-electron chi connectivity index (χ2n) is 4.32. The lowest BCUT2D eigenvalue weighted by molar-refractivity contribution is -0.148. The van der Waals surface area contributed by atoms with Crippen molar-refractivity contribution in [3.63, 3.8) is 0 Å². The number of rotatable bonds is 7. The van der Waals surface area contributed by atoms with Crippen LogP contribution in [0.1, 0.15) is 18.0 Å². The van der Waals surface area contributed by atoms with E-state index in [4.69, 9.17) is 14.6 Å². The molecule has 0 aliphatic carbocycles. The van der Waals surface area contributed by atoms with Crippen LogP contribution in [-0.4, -0.2) is 49.8 Å². The van der Waals surface area contributed by atoms with Gasteiger partial charge in [-0.1, -0.05) is 12.1 Å². The highest BCUT2D eigenvalue weighted by molar-refractivity contribution is 5.77. The van der Waals surface area contributed by atoms with Crippen LogP contribution >= 0.6 is 0 Å². The van der Waals surface area contributed by atoms with Gasteiger partial charge in [0.15, 0.2) is 0 Å². The minimum Gasteiger partial charge on any atom is -0.497 e. The van der Waals surface area contributed by atoms with Gasteiger partial charge in [-0.25, -0.2) is 4.79 Å². The molecule has 0 bridgehead atoms. The summed E-state index contributed by atoms with van der Waals surface area (Å²) in [7, 11) is 4.56. The molecule has 6 nitrogen and oxygen atoms in total. The minimum absolute atomic E-state index is 0.0415. The number of methoxy groups -OCH3 is 2. The normalized spacial score (nSPS) is 12.0. The summed E-state index contributed by atoms with van der Waals surface area (Å²) in [5.41, 5.74) is 0.727. The Labute approximate surface area is 117 Å². The number of carboxylic acid groups (broad SMARTS) is 1. The van der Waals surface area contributed by atoms with Crippen molar-refractivity contribution < 1.29 is 24.2 Å². The topological polar surface area (TPSA) is 76.1 Å². The van der Waals surface area contributed by atoms with Crippen molar-refractivity contribution in [2.75, 3.05) is 27.8 Å². The largest absolute Gasteiger partial charge is 0.497 e. The van der Waals surface area contributed by atoms with Crippen LogP contribution in [0.25, 0.3) is 0 Å². The van der Waals surface area contributed by atoms with E-state index in [0.717, 1.165) is 5.56 Å². The van der Waals surface area contributed by atoms with E-state index in [1.165, 1.54) is 7.11 Å². The van der Waals surface area contributed by atoms with Crippen LogP contribution in [0.5, 0.6) is 5.75 Å². The van der Waals surface area contributed by atoms with Gasteiger partial charge in [0, 0.05) is 6.54 Å². The Morgan fingerprint density at radius 2 is 1.85 bits per heavy atom. The van der Waals surface area contributed by atoms with Crippen LogP contribution in [0.3, 0.4) is 0 Å². The first-order chi connectivity index (χ1) is 9.49. The first-order valence-corrected chi connectivity index (χ1v) is 6.13. The number of carboxylic acids is 1. The third-order valence-corrected chi connectivity index (χ3v) is 2.98. The van der Waals surface area contributed by atoms with Crippen molar-refractivity contribution in [2.45, 2.75) is 12.5 Å². The van der Waals surface area contributed by atoms with Crippen LogP contribution in [0, 0.1) is 0 Å². The van der Waals surface area contributed by atoms with Crippen LogP contribution in [0.15, 0.2) is 24.3 Å². The zero-order valence-corrected chi connectivity index (χ0v) is 11.8. The van der Waals surface area contributed by atoms with Gasteiger partial charge in [-0.3, -0.25) is 9.69 Å². The highest BCUT2D eigenvalue weighted by Crippen LogP contribution is 2.23. The number of hydrogen-bond donors (Lipinski definition) is 1. The molecule has 0 heterocycles. The van der Waals surface area contributed by atoms with E-state index in [0.29, 0.717) is 5.75 Å². The van der Waals surface area contributed by atoms with E-state index in [1.807, 2.05) is 0 Å². The Morgan fingerprint density at radius 1 is 1.25 bits per heavy atom. The molecule has 0 amide bonds. The molecule has 0 aliphatic heterocycles. The molecular weight excluding hydrogens is 262 g/mol. The van der Waals surface area contributed by atoms with Crippen molar-refractivity contribution in [3.8, 4) is 5.75 Å². The quantitative estimate of drug-likeness (QED) is 0.760. The summed E-state index contributed by atoms with van der Waals surface area (Å²) in [6, 6.07) is 6.38. The predicted octanol–water partition coefficient (Wildman–Crippen LogP) is 1.32. The molecular formula is C14H19NO5. The predicted molar refractivity (Wildman–Crippen MR) is 72.6 cm³/mol. The first kappa shape index (κ1) is 16.0. The smallest absolute Gasteiger partial charge is 0.327 e. The fourth-order valence-electron chi connectivity index (χ4n) is 1.87. The third-order valence-electron chi connectivity index (χ3n) is 2.98. The molecule has 1 aromatic carbocycles. The van der Waals surface area contributed by atoms with Crippen molar-refractivity contribution in [1.82, 2.24) is 4.90 Å². The van der Waals surface area contributed by atoms with Crippen LogP contribution < -0.4 is 4.74 Å². The van der Waals surface area contributed by atoms with E-state index in [1.54, 1.807) is 43.3 Å². The Bertz CT molecular complexity index is 457. The number of esters is 1. The molecule has 1 unspecified atom stereocenters. The zero-order chi connectivity index (χ0) is 15.1. The second-order valence-corrected chi connectivity index (χ2v) is 4.32. The Morgan fingerprint density at radius 3 is 2.30 bits per heavy atom. The van der Waals surface area contributed by atoms with E-state index < -0.39 is 18.0 Å². The van der Waals surface area contributed by atoms with Gasteiger partial charge in [-0.15, -0.1) is 0 Å². The Hall–Kier alpha value is -2.08. The van der Waals surface area contributed by atoms with Gasteiger partial charge in [0.05, 0.1) is 20.6 Å². The molecule has 20 heavy (non-hydrogen) atoms. The highest BCUT2D eigenvalue weighted by Gasteiger charge is 2.26. The first-order valence-electron chi connectivity index (χ1n) is 6.13. The Balaban J connectivity index is 2.92. The highest BCUT2D eigenvalue weighted by atomic mass is 16.5. The minimum atomic E-state index is -0.907. The zero-order valence-electron chi connectivity index (χ0n) is 11.8. The molecule has 0 fully saturated rings. The van der Waals surface area contributed by atoms with E-state index in [9.17, 15) is 9.59 Å². The SMILES string of the molecule is COC(=O)C(c1ccc(OC)cc1)N(C)CCC(=O)O. The summed E-state index contributed by atoms with van der Waals surface area (Å²) in [4.78, 5) is 24.2. The number of aliphatic carboxylic acids is 1. The Kier molecular flexibility index (Phi) is 5.99. The average Bonchev–Trinajstić information content (AvgIpc) is 2.45. The molecule has 0 radical (unpaired) electrons. The summed E-state index contributed by atoms with van der Waals surface area (Å²) in [6.45, 7) is 0.251. The molecule has 0 aromatic heterocycles. The van der Waals surface area contributed by atoms with Crippen molar-refractivity contribution in [3.05, 3.63) is 29.8 Å². The fourth-order valence-corrected chi connectivity index (χ4v) is 1.87. The number of likely N-dealkylation sites (N-methyl/N-ethyl adjacent to an activating group) is 1. The van der Waals surface area contributed by atoms with Crippen molar-refractivity contribution in [1.29, 1.82) is 0 Å². The summed E-state index contributed by atoms with van der Waals surface area (Å²) in [5, 5.41) is 8.72. The lowest BCUT2D eigenvalue weighted by atomic mass is 10.1. The average molecular weight is 281 g/mol. The number of hydrogen-bond acceptors (Lipinski definition) is 5. The number of ether oxygens (including phenoxy) is 2.